The first-order valence-electron chi connectivity index (χ1n) is 5.42. The molecule has 0 spiro atoms. The summed E-state index contributed by atoms with van der Waals surface area (Å²) in [5.74, 6) is -0.701. The van der Waals surface area contributed by atoms with Gasteiger partial charge in [-0.15, -0.1) is 0 Å². The van der Waals surface area contributed by atoms with E-state index < -0.39 is 10.9 Å². The van der Waals surface area contributed by atoms with Gasteiger partial charge in [-0.1, -0.05) is 12.1 Å². The van der Waals surface area contributed by atoms with Crippen molar-refractivity contribution in [1.82, 2.24) is 4.98 Å². The van der Waals surface area contributed by atoms with Crippen molar-refractivity contribution in [3.63, 3.8) is 0 Å². The maximum absolute atomic E-state index is 11.4. The monoisotopic (exact) mass is 258 g/mol. The lowest BCUT2D eigenvalue weighted by atomic mass is 10.1. The van der Waals surface area contributed by atoms with Crippen molar-refractivity contribution in [2.45, 2.75) is 0 Å². The van der Waals surface area contributed by atoms with E-state index in [1.807, 2.05) is 0 Å². The molecule has 2 rings (SSSR count). The molecule has 96 valence electrons. The summed E-state index contributed by atoms with van der Waals surface area (Å²) in [7, 11) is 1.29. The number of methoxy groups -OCH3 is 1. The number of rotatable bonds is 3. The average molecular weight is 258 g/mol. The van der Waals surface area contributed by atoms with Crippen LogP contribution >= 0.6 is 0 Å². The Kier molecular flexibility index (Phi) is 3.51. The Hall–Kier alpha value is -2.76. The number of nitrogens with zero attached hydrogens (tertiary/aromatic N) is 2. The van der Waals surface area contributed by atoms with Crippen LogP contribution in [0.25, 0.3) is 11.3 Å². The Morgan fingerprint density at radius 3 is 2.68 bits per heavy atom. The molecule has 0 saturated carbocycles. The van der Waals surface area contributed by atoms with E-state index in [-0.39, 0.29) is 5.82 Å². The molecule has 6 nitrogen and oxygen atoms in total. The van der Waals surface area contributed by atoms with Crippen LogP contribution in [-0.4, -0.2) is 23.0 Å². The van der Waals surface area contributed by atoms with Crippen LogP contribution in [0.4, 0.5) is 5.82 Å². The van der Waals surface area contributed by atoms with Gasteiger partial charge in [-0.3, -0.25) is 0 Å². The SMILES string of the molecule is COC(=O)c1cccc(-c2cccc([N+](=O)[O-])n2)c1. The van der Waals surface area contributed by atoms with Crippen molar-refractivity contribution >= 4 is 11.8 Å². The summed E-state index contributed by atoms with van der Waals surface area (Å²) in [4.78, 5) is 25.5. The Balaban J connectivity index is 2.44. The van der Waals surface area contributed by atoms with Crippen LogP contribution in [0, 0.1) is 10.1 Å². The van der Waals surface area contributed by atoms with Gasteiger partial charge in [0.1, 0.15) is 0 Å². The van der Waals surface area contributed by atoms with Crippen molar-refractivity contribution in [3.8, 4) is 11.3 Å². The number of esters is 1. The van der Waals surface area contributed by atoms with Crippen LogP contribution in [0.2, 0.25) is 0 Å². The second-order valence-corrected chi connectivity index (χ2v) is 3.71. The van der Waals surface area contributed by atoms with E-state index in [2.05, 4.69) is 9.72 Å². The second-order valence-electron chi connectivity index (χ2n) is 3.71. The van der Waals surface area contributed by atoms with Crippen LogP contribution in [0.3, 0.4) is 0 Å². The lowest BCUT2D eigenvalue weighted by Gasteiger charge is -2.01. The van der Waals surface area contributed by atoms with E-state index >= 15 is 0 Å². The molecule has 1 aromatic heterocycles. The van der Waals surface area contributed by atoms with E-state index in [4.69, 9.17) is 0 Å². The van der Waals surface area contributed by atoms with Gasteiger partial charge in [-0.25, -0.2) is 4.79 Å². The quantitative estimate of drug-likeness (QED) is 0.479. The van der Waals surface area contributed by atoms with E-state index in [0.717, 1.165) is 0 Å². The number of hydrogen-bond donors (Lipinski definition) is 0. The molecule has 0 radical (unpaired) electrons. The van der Waals surface area contributed by atoms with Gasteiger partial charge in [0.2, 0.25) is 0 Å². The largest absolute Gasteiger partial charge is 0.465 e. The molecule has 0 unspecified atom stereocenters. The minimum absolute atomic E-state index is 0.235. The van der Waals surface area contributed by atoms with Gasteiger partial charge in [-0.05, 0) is 34.2 Å². The summed E-state index contributed by atoms with van der Waals surface area (Å²) in [5.41, 5.74) is 1.42. The molecule has 0 amide bonds. The molecular formula is C13H10N2O4. The number of hydrogen-bond acceptors (Lipinski definition) is 5. The number of benzene rings is 1. The molecule has 2 aromatic rings. The van der Waals surface area contributed by atoms with Crippen LogP contribution in [0.15, 0.2) is 42.5 Å². The highest BCUT2D eigenvalue weighted by Gasteiger charge is 2.13. The first-order valence-corrected chi connectivity index (χ1v) is 5.42. The molecule has 1 heterocycles. The third-order valence-corrected chi connectivity index (χ3v) is 2.50. The fourth-order valence-corrected chi connectivity index (χ4v) is 1.61. The summed E-state index contributed by atoms with van der Waals surface area (Å²) in [6, 6.07) is 11.1. The maximum Gasteiger partial charge on any atom is 0.364 e. The smallest absolute Gasteiger partial charge is 0.364 e. The Morgan fingerprint density at radius 2 is 2.00 bits per heavy atom. The fourth-order valence-electron chi connectivity index (χ4n) is 1.61. The standard InChI is InChI=1S/C13H10N2O4/c1-19-13(16)10-5-2-4-9(8-10)11-6-3-7-12(14-11)15(17)18/h2-8H,1H3. The number of ether oxygens (including phenoxy) is 1. The first kappa shape index (κ1) is 12.7. The van der Waals surface area contributed by atoms with E-state index in [9.17, 15) is 14.9 Å². The predicted molar refractivity (Wildman–Crippen MR) is 67.7 cm³/mol. The Labute approximate surface area is 108 Å². The first-order chi connectivity index (χ1) is 9.11. The minimum atomic E-state index is -0.562. The molecule has 1 aromatic carbocycles. The summed E-state index contributed by atoms with van der Waals surface area (Å²) in [6.45, 7) is 0. The van der Waals surface area contributed by atoms with Crippen LogP contribution < -0.4 is 0 Å². The van der Waals surface area contributed by atoms with Gasteiger partial charge >= 0.3 is 11.8 Å². The summed E-state index contributed by atoms with van der Waals surface area (Å²) in [5, 5.41) is 10.7. The highest BCUT2D eigenvalue weighted by Crippen LogP contribution is 2.21. The molecule has 0 fully saturated rings. The number of carbonyl (C=O) groups is 1. The van der Waals surface area contributed by atoms with Crippen LogP contribution in [-0.2, 0) is 4.74 Å². The van der Waals surface area contributed by atoms with Crippen molar-refractivity contribution in [2.24, 2.45) is 0 Å². The number of carbonyl (C=O) groups excluding carboxylic acids is 1. The van der Waals surface area contributed by atoms with Gasteiger partial charge in [0.05, 0.1) is 12.7 Å². The molecule has 19 heavy (non-hydrogen) atoms. The van der Waals surface area contributed by atoms with Gasteiger partial charge < -0.3 is 14.9 Å². The van der Waals surface area contributed by atoms with E-state index in [1.165, 1.54) is 13.2 Å². The fraction of sp³-hybridized carbons (Fsp3) is 0.0769. The van der Waals surface area contributed by atoms with E-state index in [0.29, 0.717) is 16.8 Å². The molecular weight excluding hydrogens is 248 g/mol. The highest BCUT2D eigenvalue weighted by atomic mass is 16.6. The highest BCUT2D eigenvalue weighted by molar-refractivity contribution is 5.90. The normalized spacial score (nSPS) is 9.95. The lowest BCUT2D eigenvalue weighted by molar-refractivity contribution is -0.389. The Bertz CT molecular complexity index is 640. The van der Waals surface area contributed by atoms with Gasteiger partial charge in [0.25, 0.3) is 0 Å². The molecule has 6 heteroatoms. The number of pyridine rings is 1. The zero-order valence-corrected chi connectivity index (χ0v) is 10.1. The molecule has 0 saturated heterocycles. The zero-order chi connectivity index (χ0) is 13.8. The molecule has 0 aliphatic carbocycles. The second kappa shape index (κ2) is 5.26. The number of nitro groups is 1. The molecule has 0 N–H and O–H groups in total. The third-order valence-electron chi connectivity index (χ3n) is 2.50. The number of aromatic nitrogens is 1. The van der Waals surface area contributed by atoms with Gasteiger partial charge in [0, 0.05) is 11.6 Å². The Morgan fingerprint density at radius 1 is 1.26 bits per heavy atom. The predicted octanol–water partition coefficient (Wildman–Crippen LogP) is 2.44. The molecule has 0 aliphatic rings. The zero-order valence-electron chi connectivity index (χ0n) is 10.1. The summed E-state index contributed by atoms with van der Waals surface area (Å²) >= 11 is 0. The maximum atomic E-state index is 11.4. The van der Waals surface area contributed by atoms with Gasteiger partial charge in [0.15, 0.2) is 5.69 Å². The average Bonchev–Trinajstić information content (AvgIpc) is 2.46. The minimum Gasteiger partial charge on any atom is -0.465 e. The van der Waals surface area contributed by atoms with Crippen LogP contribution in [0.5, 0.6) is 0 Å². The van der Waals surface area contributed by atoms with Crippen molar-refractivity contribution in [2.75, 3.05) is 7.11 Å². The van der Waals surface area contributed by atoms with Crippen molar-refractivity contribution < 1.29 is 14.5 Å². The lowest BCUT2D eigenvalue weighted by Crippen LogP contribution is -2.01. The third kappa shape index (κ3) is 2.74. The molecule has 0 aliphatic heterocycles. The molecule has 0 atom stereocenters. The van der Waals surface area contributed by atoms with Crippen molar-refractivity contribution in [1.29, 1.82) is 0 Å². The van der Waals surface area contributed by atoms with Crippen molar-refractivity contribution in [3.05, 3.63) is 58.1 Å². The van der Waals surface area contributed by atoms with Gasteiger partial charge in [-0.2, -0.15) is 0 Å². The van der Waals surface area contributed by atoms with Crippen LogP contribution in [0.1, 0.15) is 10.4 Å². The topological polar surface area (TPSA) is 82.3 Å². The van der Waals surface area contributed by atoms with E-state index in [1.54, 1.807) is 36.4 Å². The molecule has 0 bridgehead atoms. The summed E-state index contributed by atoms with van der Waals surface area (Å²) in [6.07, 6.45) is 0. The summed E-state index contributed by atoms with van der Waals surface area (Å²) < 4.78 is 4.62.